The van der Waals surface area contributed by atoms with E-state index in [2.05, 4.69) is 0 Å². The summed E-state index contributed by atoms with van der Waals surface area (Å²) in [5, 5.41) is 10.4. The highest BCUT2D eigenvalue weighted by Crippen LogP contribution is 2.21. The fraction of sp³-hybridized carbons (Fsp3) is 0.0909. The lowest BCUT2D eigenvalue weighted by Crippen LogP contribution is -2.11. The molecule has 0 bridgehead atoms. The summed E-state index contributed by atoms with van der Waals surface area (Å²) in [6, 6.07) is 19.9. The second-order valence-corrected chi connectivity index (χ2v) is 9.96. The molecule has 0 aliphatic rings. The Labute approximate surface area is 176 Å². The van der Waals surface area contributed by atoms with E-state index in [0.29, 0.717) is 5.56 Å². The Morgan fingerprint density at radius 3 is 1.53 bits per heavy atom. The van der Waals surface area contributed by atoms with E-state index >= 15 is 0 Å². The molecule has 6 nitrogen and oxygen atoms in total. The molecular weight excluding hydrogens is 424 g/mol. The number of sulfone groups is 2. The van der Waals surface area contributed by atoms with Crippen LogP contribution < -0.4 is 0 Å². The quantitative estimate of drug-likeness (QED) is 0.639. The number of carboxylic acid groups (broad SMARTS) is 1. The predicted octanol–water partition coefficient (Wildman–Crippen LogP) is 3.93. The Morgan fingerprint density at radius 1 is 0.733 bits per heavy atom. The van der Waals surface area contributed by atoms with Crippen LogP contribution in [0.15, 0.2) is 88.7 Å². The smallest absolute Gasteiger partial charge is 0.335 e. The molecule has 3 aromatic rings. The first kappa shape index (κ1) is 23.3. The summed E-state index contributed by atoms with van der Waals surface area (Å²) in [5.41, 5.74) is 2.29. The summed E-state index contributed by atoms with van der Waals surface area (Å²) in [4.78, 5) is 10.3. The molecule has 3 aromatic carbocycles. The van der Waals surface area contributed by atoms with E-state index in [1.54, 1.807) is 36.3 Å². The van der Waals surface area contributed by atoms with Gasteiger partial charge in [0.1, 0.15) is 0 Å². The minimum Gasteiger partial charge on any atom is -0.478 e. The first-order valence-electron chi connectivity index (χ1n) is 8.72. The van der Waals surface area contributed by atoms with Crippen molar-refractivity contribution in [3.63, 3.8) is 0 Å². The van der Waals surface area contributed by atoms with E-state index in [-0.39, 0.29) is 9.79 Å². The predicted molar refractivity (Wildman–Crippen MR) is 113 cm³/mol. The molecule has 0 amide bonds. The first-order chi connectivity index (χ1) is 14.0. The summed E-state index contributed by atoms with van der Waals surface area (Å²) in [6.45, 7) is 3.75. The van der Waals surface area contributed by atoms with E-state index in [0.717, 1.165) is 11.1 Å². The number of benzene rings is 3. The number of aryl methyl sites for hydroxylation is 2. The minimum atomic E-state index is -4.10. The second kappa shape index (κ2) is 9.69. The molecule has 8 heteroatoms. The normalized spacial score (nSPS) is 11.3. The molecule has 0 saturated carbocycles. The van der Waals surface area contributed by atoms with Gasteiger partial charge in [-0.3, -0.25) is 0 Å². The zero-order valence-corrected chi connectivity index (χ0v) is 17.9. The van der Waals surface area contributed by atoms with E-state index in [4.69, 9.17) is 5.11 Å². The van der Waals surface area contributed by atoms with Crippen molar-refractivity contribution in [2.45, 2.75) is 23.6 Å². The van der Waals surface area contributed by atoms with Gasteiger partial charge in [0, 0.05) is 0 Å². The largest absolute Gasteiger partial charge is 0.478 e. The van der Waals surface area contributed by atoms with Crippen molar-refractivity contribution >= 4 is 25.6 Å². The van der Waals surface area contributed by atoms with Crippen molar-refractivity contribution in [3.05, 3.63) is 101 Å². The fourth-order valence-corrected chi connectivity index (χ4v) is 5.45. The van der Waals surface area contributed by atoms with Crippen LogP contribution in [0.4, 0.5) is 0 Å². The van der Waals surface area contributed by atoms with Gasteiger partial charge in [0.2, 0.25) is 19.7 Å². The lowest BCUT2D eigenvalue weighted by atomic mass is 10.1. The summed E-state index contributed by atoms with van der Waals surface area (Å²) in [7, 11) is -8.21. The SMILES string of the molecule is Cc1ccc(C(=O)O)c(C)c1.O=S(=O)([C]S(=O)(=O)c1ccccc1)c1ccccc1. The second-order valence-electron chi connectivity index (χ2n) is 6.34. The van der Waals surface area contributed by atoms with Gasteiger partial charge in [0.25, 0.3) is 5.08 Å². The van der Waals surface area contributed by atoms with E-state index in [9.17, 15) is 21.6 Å². The molecule has 0 saturated heterocycles. The monoisotopic (exact) mass is 444 g/mol. The number of carboxylic acids is 1. The molecule has 0 fully saturated rings. The molecule has 1 N–H and O–H groups in total. The Balaban J connectivity index is 0.000000248. The fourth-order valence-electron chi connectivity index (χ4n) is 2.49. The van der Waals surface area contributed by atoms with Crippen LogP contribution in [0.5, 0.6) is 0 Å². The zero-order chi connectivity index (χ0) is 22.4. The lowest BCUT2D eigenvalue weighted by Gasteiger charge is -2.04. The van der Waals surface area contributed by atoms with Crippen LogP contribution in [0.3, 0.4) is 0 Å². The average Bonchev–Trinajstić information content (AvgIpc) is 2.69. The van der Waals surface area contributed by atoms with Gasteiger partial charge < -0.3 is 5.11 Å². The van der Waals surface area contributed by atoms with Gasteiger partial charge in [-0.2, -0.15) is 0 Å². The highest BCUT2D eigenvalue weighted by atomic mass is 32.3. The van der Waals surface area contributed by atoms with Crippen molar-refractivity contribution in [1.29, 1.82) is 0 Å². The van der Waals surface area contributed by atoms with Gasteiger partial charge in [0.05, 0.1) is 15.4 Å². The highest BCUT2D eigenvalue weighted by Gasteiger charge is 2.27. The number of aromatic carboxylic acids is 1. The molecule has 0 spiro atoms. The van der Waals surface area contributed by atoms with Gasteiger partial charge in [-0.05, 0) is 49.7 Å². The number of rotatable bonds is 5. The third-order valence-electron chi connectivity index (χ3n) is 3.94. The number of hydrogen-bond acceptors (Lipinski definition) is 5. The zero-order valence-electron chi connectivity index (χ0n) is 16.3. The minimum absolute atomic E-state index is 0.102. The van der Waals surface area contributed by atoms with Crippen LogP contribution >= 0.6 is 0 Å². The van der Waals surface area contributed by atoms with Crippen molar-refractivity contribution in [2.75, 3.05) is 0 Å². The van der Waals surface area contributed by atoms with Gasteiger partial charge in [-0.25, -0.2) is 21.6 Å². The maximum Gasteiger partial charge on any atom is 0.335 e. The molecule has 0 aliphatic carbocycles. The van der Waals surface area contributed by atoms with Gasteiger partial charge in [-0.15, -0.1) is 0 Å². The number of hydrogen-bond donors (Lipinski definition) is 1. The molecule has 3 rings (SSSR count). The summed E-state index contributed by atoms with van der Waals surface area (Å²) in [5.74, 6) is -0.859. The third-order valence-corrected chi connectivity index (χ3v) is 7.48. The molecule has 0 atom stereocenters. The standard InChI is InChI=1S/C13H10O4S2.C9H10O2/c14-18(15,12-7-3-1-4-8-12)11-19(16,17)13-9-5-2-6-10-13;1-6-3-4-8(9(10)11)7(2)5-6/h1-10H;3-5H,1-2H3,(H,10,11). The third kappa shape index (κ3) is 6.27. The van der Waals surface area contributed by atoms with Crippen LogP contribution in [0.25, 0.3) is 0 Å². The molecule has 156 valence electrons. The van der Waals surface area contributed by atoms with Crippen LogP contribution in [-0.2, 0) is 19.7 Å². The van der Waals surface area contributed by atoms with Crippen LogP contribution in [0.1, 0.15) is 21.5 Å². The maximum absolute atomic E-state index is 11.9. The van der Waals surface area contributed by atoms with Gasteiger partial charge >= 0.3 is 5.97 Å². The van der Waals surface area contributed by atoms with Crippen LogP contribution in [0.2, 0.25) is 0 Å². The maximum atomic E-state index is 11.9. The molecule has 0 aromatic heterocycles. The van der Waals surface area contributed by atoms with E-state index in [1.165, 1.54) is 48.5 Å². The van der Waals surface area contributed by atoms with Crippen molar-refractivity contribution in [3.8, 4) is 0 Å². The molecule has 0 aliphatic heterocycles. The van der Waals surface area contributed by atoms with Crippen molar-refractivity contribution in [1.82, 2.24) is 0 Å². The summed E-state index contributed by atoms with van der Waals surface area (Å²) in [6.07, 6.45) is 0. The Hall–Kier alpha value is -2.97. The Kier molecular flexibility index (Phi) is 7.53. The topological polar surface area (TPSA) is 106 Å². The van der Waals surface area contributed by atoms with Gasteiger partial charge in [0.15, 0.2) is 0 Å². The first-order valence-corrected chi connectivity index (χ1v) is 11.7. The molecule has 0 heterocycles. The number of carbonyl (C=O) groups is 1. The van der Waals surface area contributed by atoms with Crippen LogP contribution in [0, 0.1) is 18.9 Å². The Bertz CT molecular complexity index is 1150. The molecule has 2 radical (unpaired) electrons. The van der Waals surface area contributed by atoms with Crippen molar-refractivity contribution < 1.29 is 26.7 Å². The average molecular weight is 445 g/mol. The molecule has 30 heavy (non-hydrogen) atoms. The summed E-state index contributed by atoms with van der Waals surface area (Å²) < 4.78 is 47.7. The van der Waals surface area contributed by atoms with Crippen molar-refractivity contribution in [2.24, 2.45) is 0 Å². The molecule has 0 unspecified atom stereocenters. The van der Waals surface area contributed by atoms with Crippen LogP contribution in [-0.4, -0.2) is 27.9 Å². The Morgan fingerprint density at radius 2 is 1.17 bits per heavy atom. The summed E-state index contributed by atoms with van der Waals surface area (Å²) >= 11 is 0. The van der Waals surface area contributed by atoms with E-state index < -0.39 is 25.6 Å². The molecular formula is C22H20O6S2. The van der Waals surface area contributed by atoms with Gasteiger partial charge in [-0.1, -0.05) is 54.1 Å². The highest BCUT2D eigenvalue weighted by molar-refractivity contribution is 8.11. The lowest BCUT2D eigenvalue weighted by molar-refractivity contribution is 0.0696. The van der Waals surface area contributed by atoms with E-state index in [1.807, 2.05) is 13.0 Å².